The lowest BCUT2D eigenvalue weighted by Gasteiger charge is -2.18. The molecular weight excluding hydrogens is 248 g/mol. The fourth-order valence-electron chi connectivity index (χ4n) is 0.750. The lowest BCUT2D eigenvalue weighted by molar-refractivity contribution is -0.137. The van der Waals surface area contributed by atoms with Crippen molar-refractivity contribution in [2.75, 3.05) is 13.6 Å². The standard InChI is InChI=1S/C6H13NO2.C5H11NO2.C2H2/c1-6(2,3)9-5(8)7-4;6-4-2-1-3-5(7)8;1-2/h1-4H3,(H,7,8);1-4,6H2,(H,7,8);1-2H. The molecule has 0 rings (SSSR count). The highest BCUT2D eigenvalue weighted by molar-refractivity contribution is 5.67. The fourth-order valence-corrected chi connectivity index (χ4v) is 0.750. The number of nitrogens with one attached hydrogen (secondary N) is 1. The number of aliphatic carboxylic acids is 1. The molecule has 6 nitrogen and oxygen atoms in total. The molecule has 1 amide bonds. The number of rotatable bonds is 4. The first-order valence-electron chi connectivity index (χ1n) is 5.89. The number of carbonyl (C=O) groups is 2. The Balaban J connectivity index is -0.000000239. The lowest BCUT2D eigenvalue weighted by Crippen LogP contribution is -2.30. The van der Waals surface area contributed by atoms with Crippen LogP contribution in [-0.2, 0) is 9.53 Å². The zero-order chi connectivity index (χ0) is 15.9. The number of carboxylic acid groups (broad SMARTS) is 1. The van der Waals surface area contributed by atoms with Crippen LogP contribution in [0.15, 0.2) is 0 Å². The summed E-state index contributed by atoms with van der Waals surface area (Å²) in [4.78, 5) is 20.3. The van der Waals surface area contributed by atoms with Crippen molar-refractivity contribution in [1.29, 1.82) is 0 Å². The summed E-state index contributed by atoms with van der Waals surface area (Å²) in [5, 5.41) is 10.5. The van der Waals surface area contributed by atoms with Gasteiger partial charge in [-0.1, -0.05) is 0 Å². The first-order valence-corrected chi connectivity index (χ1v) is 5.89. The van der Waals surface area contributed by atoms with Crippen LogP contribution < -0.4 is 11.1 Å². The molecule has 0 aliphatic heterocycles. The first-order chi connectivity index (χ1) is 8.72. The third-order valence-electron chi connectivity index (χ3n) is 1.45. The van der Waals surface area contributed by atoms with E-state index in [0.29, 0.717) is 13.0 Å². The van der Waals surface area contributed by atoms with Gasteiger partial charge in [-0.2, -0.15) is 0 Å². The van der Waals surface area contributed by atoms with Gasteiger partial charge < -0.3 is 20.9 Å². The Labute approximate surface area is 115 Å². The normalized spacial score (nSPS) is 9.00. The second-order valence-electron chi connectivity index (χ2n) is 4.39. The fraction of sp³-hybridized carbons (Fsp3) is 0.692. The molecule has 0 radical (unpaired) electrons. The topological polar surface area (TPSA) is 102 Å². The maximum atomic E-state index is 10.5. The molecule has 0 aliphatic carbocycles. The van der Waals surface area contributed by atoms with E-state index >= 15 is 0 Å². The number of carboxylic acids is 1. The van der Waals surface area contributed by atoms with Gasteiger partial charge in [0.1, 0.15) is 5.60 Å². The van der Waals surface area contributed by atoms with Crippen molar-refractivity contribution in [1.82, 2.24) is 5.32 Å². The van der Waals surface area contributed by atoms with Gasteiger partial charge in [0, 0.05) is 13.5 Å². The molecular formula is C13H26N2O4. The summed E-state index contributed by atoms with van der Waals surface area (Å²) in [6.07, 6.45) is 9.37. The lowest BCUT2D eigenvalue weighted by atomic mass is 10.2. The molecule has 0 atom stereocenters. The van der Waals surface area contributed by atoms with Crippen LogP contribution >= 0.6 is 0 Å². The second kappa shape index (κ2) is 14.3. The average Bonchev–Trinajstić information content (AvgIpc) is 2.30. The first kappa shape index (κ1) is 22.4. The van der Waals surface area contributed by atoms with Crippen LogP contribution in [0.25, 0.3) is 0 Å². The second-order valence-corrected chi connectivity index (χ2v) is 4.39. The van der Waals surface area contributed by atoms with Crippen molar-refractivity contribution in [2.45, 2.75) is 45.6 Å². The SMILES string of the molecule is C#C.CNC(=O)OC(C)(C)C.NCCCCC(=O)O. The molecule has 0 saturated heterocycles. The van der Waals surface area contributed by atoms with Crippen molar-refractivity contribution < 1.29 is 19.4 Å². The van der Waals surface area contributed by atoms with Crippen LogP contribution in [0.5, 0.6) is 0 Å². The zero-order valence-corrected chi connectivity index (χ0v) is 12.2. The molecule has 0 aromatic heterocycles. The third kappa shape index (κ3) is 31.4. The number of unbranched alkanes of at least 4 members (excludes halogenated alkanes) is 1. The van der Waals surface area contributed by atoms with Gasteiger partial charge in [0.15, 0.2) is 0 Å². The van der Waals surface area contributed by atoms with E-state index in [0.717, 1.165) is 6.42 Å². The maximum Gasteiger partial charge on any atom is 0.407 e. The van der Waals surface area contributed by atoms with Crippen LogP contribution in [0.4, 0.5) is 4.79 Å². The molecule has 0 fully saturated rings. The monoisotopic (exact) mass is 274 g/mol. The van der Waals surface area contributed by atoms with Gasteiger partial charge in [0.25, 0.3) is 0 Å². The molecule has 112 valence electrons. The summed E-state index contributed by atoms with van der Waals surface area (Å²) < 4.78 is 4.84. The summed E-state index contributed by atoms with van der Waals surface area (Å²) in [6, 6.07) is 0. The number of alkyl carbamates (subject to hydrolysis) is 1. The molecule has 0 bridgehead atoms. The van der Waals surface area contributed by atoms with Crippen molar-refractivity contribution in [3.8, 4) is 12.8 Å². The van der Waals surface area contributed by atoms with Gasteiger partial charge in [-0.05, 0) is 40.2 Å². The average molecular weight is 274 g/mol. The number of amides is 1. The largest absolute Gasteiger partial charge is 0.481 e. The highest BCUT2D eigenvalue weighted by atomic mass is 16.6. The molecule has 0 spiro atoms. The van der Waals surface area contributed by atoms with Crippen molar-refractivity contribution >= 4 is 12.1 Å². The number of ether oxygens (including phenoxy) is 1. The summed E-state index contributed by atoms with van der Waals surface area (Å²) in [5.41, 5.74) is 4.73. The minimum atomic E-state index is -0.738. The van der Waals surface area contributed by atoms with Gasteiger partial charge in [-0.3, -0.25) is 4.79 Å². The van der Waals surface area contributed by atoms with Gasteiger partial charge in [-0.15, -0.1) is 12.8 Å². The van der Waals surface area contributed by atoms with E-state index in [9.17, 15) is 9.59 Å². The molecule has 6 heteroatoms. The molecule has 0 aromatic carbocycles. The maximum absolute atomic E-state index is 10.5. The van der Waals surface area contributed by atoms with E-state index in [1.165, 1.54) is 7.05 Å². The van der Waals surface area contributed by atoms with Crippen LogP contribution in [0, 0.1) is 12.8 Å². The number of terminal acetylenes is 1. The Morgan fingerprint density at radius 2 is 1.74 bits per heavy atom. The molecule has 0 aliphatic rings. The number of hydrogen-bond acceptors (Lipinski definition) is 4. The van der Waals surface area contributed by atoms with E-state index < -0.39 is 5.97 Å². The smallest absolute Gasteiger partial charge is 0.407 e. The van der Waals surface area contributed by atoms with Gasteiger partial charge in [0.05, 0.1) is 0 Å². The molecule has 0 unspecified atom stereocenters. The number of nitrogens with two attached hydrogens (primary N) is 1. The van der Waals surface area contributed by atoms with Crippen LogP contribution in [0.2, 0.25) is 0 Å². The Kier molecular flexibility index (Phi) is 16.9. The van der Waals surface area contributed by atoms with E-state index in [2.05, 4.69) is 18.2 Å². The third-order valence-corrected chi connectivity index (χ3v) is 1.45. The molecule has 0 heterocycles. The Morgan fingerprint density at radius 3 is 1.95 bits per heavy atom. The minimum absolute atomic E-state index is 0.247. The summed E-state index contributed by atoms with van der Waals surface area (Å²) in [6.45, 7) is 6.06. The van der Waals surface area contributed by atoms with E-state index in [1.807, 2.05) is 20.8 Å². The molecule has 19 heavy (non-hydrogen) atoms. The summed E-state index contributed by atoms with van der Waals surface area (Å²) >= 11 is 0. The van der Waals surface area contributed by atoms with E-state index in [1.54, 1.807) is 0 Å². The number of carbonyl (C=O) groups excluding carboxylic acids is 1. The molecule has 0 saturated carbocycles. The van der Waals surface area contributed by atoms with Crippen LogP contribution in [0.3, 0.4) is 0 Å². The van der Waals surface area contributed by atoms with Gasteiger partial charge in [-0.25, -0.2) is 4.79 Å². The van der Waals surface area contributed by atoms with Gasteiger partial charge >= 0.3 is 12.1 Å². The number of hydrogen-bond donors (Lipinski definition) is 3. The summed E-state index contributed by atoms with van der Waals surface area (Å²) in [7, 11) is 1.54. The predicted octanol–water partition coefficient (Wildman–Crippen LogP) is 1.59. The Hall–Kier alpha value is -1.74. The Morgan fingerprint density at radius 1 is 1.26 bits per heavy atom. The highest BCUT2D eigenvalue weighted by Gasteiger charge is 2.13. The van der Waals surface area contributed by atoms with E-state index in [4.69, 9.17) is 15.6 Å². The van der Waals surface area contributed by atoms with Crippen LogP contribution in [-0.4, -0.2) is 36.4 Å². The van der Waals surface area contributed by atoms with Crippen LogP contribution in [0.1, 0.15) is 40.0 Å². The van der Waals surface area contributed by atoms with Gasteiger partial charge in [0.2, 0.25) is 0 Å². The summed E-state index contributed by atoms with van der Waals surface area (Å²) in [5.74, 6) is -0.738. The predicted molar refractivity (Wildman–Crippen MR) is 75.7 cm³/mol. The molecule has 4 N–H and O–H groups in total. The van der Waals surface area contributed by atoms with Crippen molar-refractivity contribution in [3.05, 3.63) is 0 Å². The Bertz CT molecular complexity index is 257. The van der Waals surface area contributed by atoms with Crippen molar-refractivity contribution in [3.63, 3.8) is 0 Å². The molecule has 0 aromatic rings. The quantitative estimate of drug-likeness (QED) is 0.534. The van der Waals surface area contributed by atoms with E-state index in [-0.39, 0.29) is 18.1 Å². The minimum Gasteiger partial charge on any atom is -0.481 e. The zero-order valence-electron chi connectivity index (χ0n) is 12.2. The highest BCUT2D eigenvalue weighted by Crippen LogP contribution is 2.05. The van der Waals surface area contributed by atoms with Crippen molar-refractivity contribution in [2.24, 2.45) is 5.73 Å².